The molecule has 1 heterocycles. The van der Waals surface area contributed by atoms with E-state index in [1.54, 1.807) is 18.3 Å². The first-order valence-electron chi connectivity index (χ1n) is 6.04. The standard InChI is InChI=1S/C14H16FN3O/c1-10(16-9-12-4-3-7-17-18-12)11-5-6-13(15)14(8-11)19-2/h3-8,10,16H,9H2,1-2H3. The molecule has 0 fully saturated rings. The fraction of sp³-hybridized carbons (Fsp3) is 0.286. The Morgan fingerprint density at radius 1 is 1.37 bits per heavy atom. The monoisotopic (exact) mass is 261 g/mol. The molecule has 4 nitrogen and oxygen atoms in total. The number of hydrogen-bond donors (Lipinski definition) is 1. The van der Waals surface area contributed by atoms with Gasteiger partial charge in [0.2, 0.25) is 0 Å². The summed E-state index contributed by atoms with van der Waals surface area (Å²) in [5.41, 5.74) is 1.82. The lowest BCUT2D eigenvalue weighted by Gasteiger charge is -2.15. The van der Waals surface area contributed by atoms with Crippen molar-refractivity contribution in [3.8, 4) is 5.75 Å². The molecule has 2 rings (SSSR count). The molecule has 1 atom stereocenters. The van der Waals surface area contributed by atoms with E-state index in [0.29, 0.717) is 6.54 Å². The van der Waals surface area contributed by atoms with Gasteiger partial charge < -0.3 is 10.1 Å². The van der Waals surface area contributed by atoms with E-state index >= 15 is 0 Å². The maximum absolute atomic E-state index is 13.3. The number of nitrogens with one attached hydrogen (secondary N) is 1. The third-order valence-electron chi connectivity index (χ3n) is 2.89. The summed E-state index contributed by atoms with van der Waals surface area (Å²) >= 11 is 0. The molecule has 0 aliphatic rings. The van der Waals surface area contributed by atoms with Gasteiger partial charge in [0.15, 0.2) is 11.6 Å². The van der Waals surface area contributed by atoms with Crippen molar-refractivity contribution < 1.29 is 9.13 Å². The highest BCUT2D eigenvalue weighted by molar-refractivity contribution is 5.31. The summed E-state index contributed by atoms with van der Waals surface area (Å²) in [7, 11) is 1.46. The molecule has 1 unspecified atom stereocenters. The summed E-state index contributed by atoms with van der Waals surface area (Å²) in [6.45, 7) is 2.61. The van der Waals surface area contributed by atoms with Crippen molar-refractivity contribution in [1.29, 1.82) is 0 Å². The second-order valence-electron chi connectivity index (χ2n) is 4.21. The molecule has 1 N–H and O–H groups in total. The van der Waals surface area contributed by atoms with Crippen molar-refractivity contribution in [3.05, 3.63) is 53.6 Å². The van der Waals surface area contributed by atoms with Gasteiger partial charge in [-0.15, -0.1) is 0 Å². The van der Waals surface area contributed by atoms with Crippen molar-refractivity contribution in [3.63, 3.8) is 0 Å². The van der Waals surface area contributed by atoms with Gasteiger partial charge in [0, 0.05) is 18.8 Å². The summed E-state index contributed by atoms with van der Waals surface area (Å²) in [6.07, 6.45) is 1.64. The van der Waals surface area contributed by atoms with Crippen molar-refractivity contribution >= 4 is 0 Å². The minimum atomic E-state index is -0.354. The number of ether oxygens (including phenoxy) is 1. The van der Waals surface area contributed by atoms with E-state index < -0.39 is 0 Å². The van der Waals surface area contributed by atoms with Gasteiger partial charge >= 0.3 is 0 Å². The van der Waals surface area contributed by atoms with Crippen LogP contribution in [-0.2, 0) is 6.54 Å². The molecule has 1 aromatic heterocycles. The normalized spacial score (nSPS) is 12.2. The number of nitrogens with zero attached hydrogens (tertiary/aromatic N) is 2. The van der Waals surface area contributed by atoms with Gasteiger partial charge in [0.1, 0.15) is 0 Å². The van der Waals surface area contributed by atoms with Crippen molar-refractivity contribution in [2.75, 3.05) is 7.11 Å². The Kier molecular flexibility index (Phi) is 4.41. The minimum absolute atomic E-state index is 0.0662. The van der Waals surface area contributed by atoms with Crippen LogP contribution in [0.5, 0.6) is 5.75 Å². The highest BCUT2D eigenvalue weighted by Gasteiger charge is 2.09. The van der Waals surface area contributed by atoms with E-state index in [1.165, 1.54) is 13.2 Å². The zero-order valence-corrected chi connectivity index (χ0v) is 10.9. The number of aromatic nitrogens is 2. The van der Waals surface area contributed by atoms with E-state index in [2.05, 4.69) is 15.5 Å². The predicted molar refractivity (Wildman–Crippen MR) is 70.2 cm³/mol. The number of methoxy groups -OCH3 is 1. The first-order valence-corrected chi connectivity index (χ1v) is 6.04. The van der Waals surface area contributed by atoms with Gasteiger partial charge in [-0.05, 0) is 36.8 Å². The van der Waals surface area contributed by atoms with Gasteiger partial charge in [-0.2, -0.15) is 10.2 Å². The largest absolute Gasteiger partial charge is 0.494 e. The van der Waals surface area contributed by atoms with Gasteiger partial charge in [-0.25, -0.2) is 4.39 Å². The van der Waals surface area contributed by atoms with Gasteiger partial charge in [-0.1, -0.05) is 6.07 Å². The van der Waals surface area contributed by atoms with Crippen LogP contribution in [0.15, 0.2) is 36.5 Å². The summed E-state index contributed by atoms with van der Waals surface area (Å²) in [5.74, 6) is -0.0990. The molecule has 1 aromatic carbocycles. The quantitative estimate of drug-likeness (QED) is 0.898. The zero-order chi connectivity index (χ0) is 13.7. The van der Waals surface area contributed by atoms with E-state index in [0.717, 1.165) is 11.3 Å². The van der Waals surface area contributed by atoms with E-state index in [1.807, 2.05) is 19.1 Å². The van der Waals surface area contributed by atoms with E-state index in [-0.39, 0.29) is 17.6 Å². The average Bonchev–Trinajstić information content (AvgIpc) is 2.46. The second-order valence-corrected chi connectivity index (χ2v) is 4.21. The molecule has 0 radical (unpaired) electrons. The SMILES string of the molecule is COc1cc(C(C)NCc2cccnn2)ccc1F. The van der Waals surface area contributed by atoms with Crippen LogP contribution in [0, 0.1) is 5.82 Å². The molecule has 0 saturated heterocycles. The molecular weight excluding hydrogens is 245 g/mol. The first-order chi connectivity index (χ1) is 9.20. The molecule has 0 saturated carbocycles. The van der Waals surface area contributed by atoms with Gasteiger partial charge in [-0.3, -0.25) is 0 Å². The van der Waals surface area contributed by atoms with Crippen LogP contribution < -0.4 is 10.1 Å². The number of rotatable bonds is 5. The molecule has 0 bridgehead atoms. The molecule has 0 spiro atoms. The van der Waals surface area contributed by atoms with Crippen molar-refractivity contribution in [2.24, 2.45) is 0 Å². The summed E-state index contributed by atoms with van der Waals surface area (Å²) in [6, 6.07) is 8.66. The Hall–Kier alpha value is -2.01. The molecular formula is C14H16FN3O. The maximum Gasteiger partial charge on any atom is 0.165 e. The molecule has 2 aromatic rings. The van der Waals surface area contributed by atoms with Crippen LogP contribution in [-0.4, -0.2) is 17.3 Å². The molecule has 0 amide bonds. The molecule has 0 aliphatic carbocycles. The van der Waals surface area contributed by atoms with Gasteiger partial charge in [0.05, 0.1) is 12.8 Å². The van der Waals surface area contributed by atoms with Crippen LogP contribution in [0.3, 0.4) is 0 Å². The maximum atomic E-state index is 13.3. The van der Waals surface area contributed by atoms with Crippen molar-refractivity contribution in [2.45, 2.75) is 19.5 Å². The third kappa shape index (κ3) is 3.48. The lowest BCUT2D eigenvalue weighted by Crippen LogP contribution is -2.19. The number of halogens is 1. The highest BCUT2D eigenvalue weighted by Crippen LogP contribution is 2.22. The highest BCUT2D eigenvalue weighted by atomic mass is 19.1. The number of benzene rings is 1. The fourth-order valence-electron chi connectivity index (χ4n) is 1.75. The Morgan fingerprint density at radius 3 is 2.89 bits per heavy atom. The zero-order valence-electron chi connectivity index (χ0n) is 10.9. The van der Waals surface area contributed by atoms with Gasteiger partial charge in [0.25, 0.3) is 0 Å². The average molecular weight is 261 g/mol. The van der Waals surface area contributed by atoms with Crippen LogP contribution in [0.1, 0.15) is 24.2 Å². The predicted octanol–water partition coefficient (Wildman–Crippen LogP) is 2.48. The minimum Gasteiger partial charge on any atom is -0.494 e. The van der Waals surface area contributed by atoms with Crippen LogP contribution in [0.4, 0.5) is 4.39 Å². The lowest BCUT2D eigenvalue weighted by atomic mass is 10.1. The Bertz CT molecular complexity index is 533. The molecule has 19 heavy (non-hydrogen) atoms. The van der Waals surface area contributed by atoms with Crippen molar-refractivity contribution in [1.82, 2.24) is 15.5 Å². The number of hydrogen-bond acceptors (Lipinski definition) is 4. The molecule has 100 valence electrons. The topological polar surface area (TPSA) is 47.0 Å². The van der Waals surface area contributed by atoms with Crippen LogP contribution in [0.25, 0.3) is 0 Å². The molecule has 5 heteroatoms. The van der Waals surface area contributed by atoms with E-state index in [4.69, 9.17) is 4.74 Å². The Morgan fingerprint density at radius 2 is 2.21 bits per heavy atom. The van der Waals surface area contributed by atoms with Crippen LogP contribution in [0.2, 0.25) is 0 Å². The summed E-state index contributed by atoms with van der Waals surface area (Å²) in [4.78, 5) is 0. The fourth-order valence-corrected chi connectivity index (χ4v) is 1.75. The molecule has 0 aliphatic heterocycles. The third-order valence-corrected chi connectivity index (χ3v) is 2.89. The van der Waals surface area contributed by atoms with Crippen LogP contribution >= 0.6 is 0 Å². The lowest BCUT2D eigenvalue weighted by molar-refractivity contribution is 0.385. The summed E-state index contributed by atoms with van der Waals surface area (Å²) < 4.78 is 18.3. The first kappa shape index (κ1) is 13.4. The summed E-state index contributed by atoms with van der Waals surface area (Å²) in [5, 5.41) is 11.1. The Balaban J connectivity index is 2.02. The smallest absolute Gasteiger partial charge is 0.165 e. The Labute approximate surface area is 111 Å². The van der Waals surface area contributed by atoms with E-state index in [9.17, 15) is 4.39 Å². The second kappa shape index (κ2) is 6.24.